The van der Waals surface area contributed by atoms with Crippen molar-refractivity contribution in [2.75, 3.05) is 13.6 Å². The molecule has 12 heavy (non-hydrogen) atoms. The molecular formula is C8H13N3O. The predicted octanol–water partition coefficient (Wildman–Crippen LogP) is 0.305. The Morgan fingerprint density at radius 2 is 2.50 bits per heavy atom. The molecule has 0 aromatic carbocycles. The number of imidazole rings is 1. The molecule has 0 saturated carbocycles. The maximum Gasteiger partial charge on any atom is 0.245 e. The van der Waals surface area contributed by atoms with Gasteiger partial charge in [-0.3, -0.25) is 9.36 Å². The van der Waals surface area contributed by atoms with Gasteiger partial charge in [-0.15, -0.1) is 0 Å². The molecule has 0 unspecified atom stereocenters. The molecule has 1 aromatic heterocycles. The average Bonchev–Trinajstić information content (AvgIpc) is 2.51. The largest absolute Gasteiger partial charge is 0.311 e. The van der Waals surface area contributed by atoms with Gasteiger partial charge in [0.05, 0.1) is 6.54 Å². The summed E-state index contributed by atoms with van der Waals surface area (Å²) in [6.45, 7) is 2.33. The van der Waals surface area contributed by atoms with Gasteiger partial charge in [-0.2, -0.15) is 0 Å². The highest BCUT2D eigenvalue weighted by Crippen LogP contribution is 1.97. The first-order valence-corrected chi connectivity index (χ1v) is 3.99. The van der Waals surface area contributed by atoms with E-state index in [0.29, 0.717) is 6.54 Å². The van der Waals surface area contributed by atoms with E-state index in [1.165, 1.54) is 0 Å². The Labute approximate surface area is 71.6 Å². The molecule has 0 radical (unpaired) electrons. The second kappa shape index (κ2) is 4.01. The monoisotopic (exact) mass is 167 g/mol. The minimum Gasteiger partial charge on any atom is -0.311 e. The van der Waals surface area contributed by atoms with Crippen molar-refractivity contribution >= 4 is 5.91 Å². The Balaban J connectivity index is 2.79. The molecule has 0 amide bonds. The number of likely N-dealkylation sites (N-methyl/N-ethyl adjacent to an activating group) is 1. The van der Waals surface area contributed by atoms with Gasteiger partial charge in [-0.1, -0.05) is 6.92 Å². The molecule has 1 heterocycles. The van der Waals surface area contributed by atoms with Crippen LogP contribution in [0.4, 0.5) is 0 Å². The molecule has 0 fully saturated rings. The maximum absolute atomic E-state index is 11.3. The molecule has 0 bridgehead atoms. The Morgan fingerprint density at radius 3 is 3.08 bits per heavy atom. The van der Waals surface area contributed by atoms with Gasteiger partial charge in [0.2, 0.25) is 5.91 Å². The summed E-state index contributed by atoms with van der Waals surface area (Å²) in [6, 6.07) is 0. The van der Waals surface area contributed by atoms with Crippen molar-refractivity contribution in [1.82, 2.24) is 14.9 Å². The van der Waals surface area contributed by atoms with Crippen molar-refractivity contribution in [1.29, 1.82) is 0 Å². The zero-order valence-corrected chi connectivity index (χ0v) is 7.37. The number of nitrogens with one attached hydrogen (secondary N) is 1. The Hall–Kier alpha value is -1.16. The summed E-state index contributed by atoms with van der Waals surface area (Å²) in [4.78, 5) is 15.4. The Kier molecular flexibility index (Phi) is 2.99. The van der Waals surface area contributed by atoms with Gasteiger partial charge in [0.25, 0.3) is 0 Å². The van der Waals surface area contributed by atoms with Gasteiger partial charge in [0.15, 0.2) is 0 Å². The van der Waals surface area contributed by atoms with Gasteiger partial charge in [0.1, 0.15) is 5.82 Å². The molecule has 0 aliphatic carbocycles. The van der Waals surface area contributed by atoms with E-state index in [9.17, 15) is 4.79 Å². The third-order valence-electron chi connectivity index (χ3n) is 1.63. The lowest BCUT2D eigenvalue weighted by Gasteiger charge is -2.03. The maximum atomic E-state index is 11.3. The first-order valence-electron chi connectivity index (χ1n) is 3.99. The van der Waals surface area contributed by atoms with Crippen LogP contribution in [0.5, 0.6) is 0 Å². The van der Waals surface area contributed by atoms with E-state index >= 15 is 0 Å². The minimum atomic E-state index is 0.0341. The lowest BCUT2D eigenvalue weighted by atomic mass is 10.4. The van der Waals surface area contributed by atoms with Crippen LogP contribution in [0.1, 0.15) is 17.5 Å². The molecule has 4 heteroatoms. The van der Waals surface area contributed by atoms with E-state index in [2.05, 4.69) is 10.3 Å². The van der Waals surface area contributed by atoms with Crippen LogP contribution in [-0.2, 0) is 6.42 Å². The second-order valence-electron chi connectivity index (χ2n) is 2.49. The van der Waals surface area contributed by atoms with Crippen LogP contribution in [0.15, 0.2) is 12.4 Å². The first kappa shape index (κ1) is 8.93. The van der Waals surface area contributed by atoms with Crippen LogP contribution >= 0.6 is 0 Å². The van der Waals surface area contributed by atoms with Gasteiger partial charge >= 0.3 is 0 Å². The number of aryl methyl sites for hydroxylation is 1. The third kappa shape index (κ3) is 1.71. The SMILES string of the molecule is CCc1nccn1C(=O)CNC. The first-order chi connectivity index (χ1) is 5.79. The Bertz CT molecular complexity index is 267. The third-order valence-corrected chi connectivity index (χ3v) is 1.63. The quantitative estimate of drug-likeness (QED) is 0.704. The molecule has 0 aliphatic rings. The van der Waals surface area contributed by atoms with Gasteiger partial charge in [-0.05, 0) is 7.05 Å². The number of rotatable bonds is 3. The summed E-state index contributed by atoms with van der Waals surface area (Å²) in [7, 11) is 1.75. The minimum absolute atomic E-state index is 0.0341. The molecule has 0 aliphatic heterocycles. The van der Waals surface area contributed by atoms with Gasteiger partial charge in [-0.25, -0.2) is 4.98 Å². The fourth-order valence-electron chi connectivity index (χ4n) is 1.06. The van der Waals surface area contributed by atoms with E-state index < -0.39 is 0 Å². The summed E-state index contributed by atoms with van der Waals surface area (Å²) in [5.41, 5.74) is 0. The van der Waals surface area contributed by atoms with Crippen LogP contribution in [0, 0.1) is 0 Å². The van der Waals surface area contributed by atoms with Crippen molar-refractivity contribution in [3.8, 4) is 0 Å². The summed E-state index contributed by atoms with van der Waals surface area (Å²) < 4.78 is 1.58. The lowest BCUT2D eigenvalue weighted by Crippen LogP contribution is -2.25. The summed E-state index contributed by atoms with van der Waals surface area (Å²) in [6.07, 6.45) is 4.12. The lowest BCUT2D eigenvalue weighted by molar-refractivity contribution is 0.0911. The van der Waals surface area contributed by atoms with Gasteiger partial charge in [0, 0.05) is 18.8 Å². The number of nitrogens with zero attached hydrogens (tertiary/aromatic N) is 2. The predicted molar refractivity (Wildman–Crippen MR) is 46.2 cm³/mol. The van der Waals surface area contributed by atoms with Crippen molar-refractivity contribution < 1.29 is 4.79 Å². The number of carbonyl (C=O) groups excluding carboxylic acids is 1. The number of carbonyl (C=O) groups is 1. The highest BCUT2D eigenvalue weighted by Gasteiger charge is 2.06. The molecular weight excluding hydrogens is 154 g/mol. The zero-order chi connectivity index (χ0) is 8.97. The fourth-order valence-corrected chi connectivity index (χ4v) is 1.06. The van der Waals surface area contributed by atoms with Crippen molar-refractivity contribution in [3.63, 3.8) is 0 Å². The normalized spacial score (nSPS) is 10.2. The molecule has 4 nitrogen and oxygen atoms in total. The molecule has 0 saturated heterocycles. The standard InChI is InChI=1S/C8H13N3O/c1-3-7-10-4-5-11(7)8(12)6-9-2/h4-5,9H,3,6H2,1-2H3. The van der Waals surface area contributed by atoms with E-state index in [1.54, 1.807) is 24.0 Å². The summed E-state index contributed by atoms with van der Waals surface area (Å²) in [5.74, 6) is 0.849. The zero-order valence-electron chi connectivity index (χ0n) is 7.37. The number of aromatic nitrogens is 2. The highest BCUT2D eigenvalue weighted by molar-refractivity contribution is 5.81. The average molecular weight is 167 g/mol. The van der Waals surface area contributed by atoms with Crippen LogP contribution < -0.4 is 5.32 Å². The number of hydrogen-bond acceptors (Lipinski definition) is 3. The van der Waals surface area contributed by atoms with Crippen LogP contribution in [-0.4, -0.2) is 29.1 Å². The molecule has 1 aromatic rings. The smallest absolute Gasteiger partial charge is 0.245 e. The van der Waals surface area contributed by atoms with Crippen LogP contribution in [0.2, 0.25) is 0 Å². The Morgan fingerprint density at radius 1 is 1.75 bits per heavy atom. The second-order valence-corrected chi connectivity index (χ2v) is 2.49. The molecule has 1 N–H and O–H groups in total. The van der Waals surface area contributed by atoms with Crippen molar-refractivity contribution in [3.05, 3.63) is 18.2 Å². The van der Waals surface area contributed by atoms with Gasteiger partial charge < -0.3 is 5.32 Å². The molecule has 66 valence electrons. The van der Waals surface area contributed by atoms with Crippen LogP contribution in [0.25, 0.3) is 0 Å². The summed E-state index contributed by atoms with van der Waals surface area (Å²) in [5, 5.41) is 2.81. The topological polar surface area (TPSA) is 46.9 Å². The van der Waals surface area contributed by atoms with E-state index in [0.717, 1.165) is 12.2 Å². The van der Waals surface area contributed by atoms with Crippen molar-refractivity contribution in [2.45, 2.75) is 13.3 Å². The van der Waals surface area contributed by atoms with E-state index in [4.69, 9.17) is 0 Å². The van der Waals surface area contributed by atoms with E-state index in [-0.39, 0.29) is 5.91 Å². The summed E-state index contributed by atoms with van der Waals surface area (Å²) >= 11 is 0. The highest BCUT2D eigenvalue weighted by atomic mass is 16.2. The fraction of sp³-hybridized carbons (Fsp3) is 0.500. The number of hydrogen-bond donors (Lipinski definition) is 1. The molecule has 1 rings (SSSR count). The van der Waals surface area contributed by atoms with Crippen LogP contribution in [0.3, 0.4) is 0 Å². The van der Waals surface area contributed by atoms with E-state index in [1.807, 2.05) is 6.92 Å². The van der Waals surface area contributed by atoms with Crippen molar-refractivity contribution in [2.24, 2.45) is 0 Å². The molecule has 0 atom stereocenters. The molecule has 0 spiro atoms.